The van der Waals surface area contributed by atoms with Crippen LogP contribution in [0.25, 0.3) is 0 Å². The summed E-state index contributed by atoms with van der Waals surface area (Å²) in [7, 11) is 1.28. The first-order valence-corrected chi connectivity index (χ1v) is 19.0. The van der Waals surface area contributed by atoms with E-state index in [1.165, 1.54) is 80.5 Å². The van der Waals surface area contributed by atoms with Crippen LogP contribution in [0.15, 0.2) is 22.3 Å². The predicted octanol–water partition coefficient (Wildman–Crippen LogP) is 5.01. The number of carbonyl (C=O) groups is 4. The molecule has 3 rings (SSSR count). The minimum atomic E-state index is -0.899. The van der Waals surface area contributed by atoms with Crippen molar-refractivity contribution in [3.05, 3.63) is 22.8 Å². The zero-order valence-corrected chi connectivity index (χ0v) is 30.0. The monoisotopic (exact) mass is 709 g/mol. The molecule has 0 aliphatic carbocycles. The average molecular weight is 710 g/mol. The Bertz CT molecular complexity index is 1210. The molecule has 2 aliphatic rings. The number of oxime groups is 1. The van der Waals surface area contributed by atoms with Gasteiger partial charge in [-0.25, -0.2) is 9.78 Å². The van der Waals surface area contributed by atoms with E-state index < -0.39 is 35.3 Å². The highest BCUT2D eigenvalue weighted by Crippen LogP contribution is 2.38. The van der Waals surface area contributed by atoms with Crippen LogP contribution in [0.3, 0.4) is 0 Å². The average Bonchev–Trinajstić information content (AvgIpc) is 3.55. The predicted molar refractivity (Wildman–Crippen MR) is 187 cm³/mol. The summed E-state index contributed by atoms with van der Waals surface area (Å²) in [5.41, 5.74) is 0.164. The fourth-order valence-electron chi connectivity index (χ4n) is 5.26. The van der Waals surface area contributed by atoms with E-state index in [-0.39, 0.29) is 35.4 Å². The number of nitrogens with zero attached hydrogens (tertiary/aromatic N) is 3. The smallest absolute Gasteiger partial charge is 0.355 e. The van der Waals surface area contributed by atoms with Gasteiger partial charge in [0.2, 0.25) is 6.41 Å². The molecule has 13 nitrogen and oxygen atoms in total. The van der Waals surface area contributed by atoms with E-state index in [0.717, 1.165) is 37.0 Å². The Balaban J connectivity index is 1.55. The highest BCUT2D eigenvalue weighted by molar-refractivity contribution is 8.00. The van der Waals surface area contributed by atoms with Crippen molar-refractivity contribution in [3.8, 4) is 0 Å². The van der Waals surface area contributed by atoms with Crippen LogP contribution in [0.1, 0.15) is 96.6 Å². The second-order valence-corrected chi connectivity index (χ2v) is 13.6. The minimum Gasteiger partial charge on any atom is -0.453 e. The normalized spacial score (nSPS) is 17.4. The zero-order valence-electron chi connectivity index (χ0n) is 28.4. The summed E-state index contributed by atoms with van der Waals surface area (Å²) in [5.74, 6) is -1.31. The number of unbranched alkanes of at least 4 members (excludes halogenated alkanes) is 10. The molecule has 0 saturated carbocycles. The van der Waals surface area contributed by atoms with Gasteiger partial charge in [0.05, 0.1) is 13.2 Å². The molecule has 3 amide bonds. The van der Waals surface area contributed by atoms with Crippen LogP contribution in [-0.2, 0) is 38.2 Å². The van der Waals surface area contributed by atoms with Gasteiger partial charge >= 0.3 is 5.97 Å². The number of β-lactam (4-membered cyclic amide) rings is 1. The standard InChI is InChI=1S/C33H51N5O8S2/c1-4-6-8-10-12-14-17-44-20-24(21-45-18-15-13-11-9-7-5-2)46-32(42)26-16-19-47-31-28(30(41)38(26)31)36-29(40)27(37-43-3)25-22-48-33(35-25)34-23-39/h16,22-24,28,31H,4-15,17-21H2,1-3H3,(H,36,40)(H,34,35,39)/t28?,31-/m1/s1. The second kappa shape index (κ2) is 22.6. The van der Waals surface area contributed by atoms with Crippen LogP contribution in [-0.4, -0.2) is 96.6 Å². The lowest BCUT2D eigenvalue weighted by Gasteiger charge is -2.48. The van der Waals surface area contributed by atoms with Gasteiger partial charge in [0, 0.05) is 24.3 Å². The molecular formula is C33H51N5O8S2. The van der Waals surface area contributed by atoms with Gasteiger partial charge in [0.1, 0.15) is 36.0 Å². The molecule has 3 heterocycles. The van der Waals surface area contributed by atoms with Crippen molar-refractivity contribution < 1.29 is 38.2 Å². The molecule has 1 fully saturated rings. The van der Waals surface area contributed by atoms with Gasteiger partial charge in [-0.3, -0.25) is 19.3 Å². The number of rotatable bonds is 26. The van der Waals surface area contributed by atoms with Crippen molar-refractivity contribution in [2.75, 3.05) is 44.6 Å². The lowest BCUT2D eigenvalue weighted by Crippen LogP contribution is -2.70. The number of aromatic nitrogens is 1. The summed E-state index contributed by atoms with van der Waals surface area (Å²) in [4.78, 5) is 60.9. The minimum absolute atomic E-state index is 0.140. The Morgan fingerprint density at radius 2 is 1.65 bits per heavy atom. The van der Waals surface area contributed by atoms with Gasteiger partial charge in [-0.15, -0.1) is 23.1 Å². The fraction of sp³-hybridized carbons (Fsp3) is 0.697. The number of thiazole rings is 1. The maximum atomic E-state index is 13.4. The van der Waals surface area contributed by atoms with E-state index in [2.05, 4.69) is 34.6 Å². The number of fused-ring (bicyclic) bond motifs is 1. The Hall–Kier alpha value is -3.01. The van der Waals surface area contributed by atoms with Gasteiger partial charge in [-0.2, -0.15) is 0 Å². The summed E-state index contributed by atoms with van der Waals surface area (Å²) in [5, 5.41) is 10.2. The van der Waals surface area contributed by atoms with Crippen molar-refractivity contribution in [2.24, 2.45) is 5.16 Å². The molecule has 0 spiro atoms. The first-order chi connectivity index (χ1) is 23.4. The van der Waals surface area contributed by atoms with Crippen molar-refractivity contribution >= 4 is 58.1 Å². The molecule has 268 valence electrons. The van der Waals surface area contributed by atoms with Crippen LogP contribution in [0.2, 0.25) is 0 Å². The molecule has 48 heavy (non-hydrogen) atoms. The van der Waals surface area contributed by atoms with E-state index in [9.17, 15) is 19.2 Å². The highest BCUT2D eigenvalue weighted by Gasteiger charge is 2.53. The Labute approximate surface area is 291 Å². The molecule has 1 aromatic heterocycles. The Morgan fingerprint density at radius 1 is 1.02 bits per heavy atom. The number of thioether (sulfide) groups is 1. The molecule has 1 unspecified atom stereocenters. The highest BCUT2D eigenvalue weighted by atomic mass is 32.2. The Morgan fingerprint density at radius 3 is 2.25 bits per heavy atom. The number of anilines is 1. The largest absolute Gasteiger partial charge is 0.453 e. The van der Waals surface area contributed by atoms with Crippen molar-refractivity contribution in [1.82, 2.24) is 15.2 Å². The van der Waals surface area contributed by atoms with Gasteiger partial charge in [-0.05, 0) is 18.9 Å². The van der Waals surface area contributed by atoms with Crippen molar-refractivity contribution in [1.29, 1.82) is 0 Å². The van der Waals surface area contributed by atoms with Crippen LogP contribution >= 0.6 is 23.1 Å². The van der Waals surface area contributed by atoms with E-state index in [1.807, 2.05) is 0 Å². The number of hydrogen-bond acceptors (Lipinski definition) is 12. The van der Waals surface area contributed by atoms with Gasteiger partial charge in [0.15, 0.2) is 10.8 Å². The third-order valence-electron chi connectivity index (χ3n) is 7.83. The van der Waals surface area contributed by atoms with Gasteiger partial charge < -0.3 is 29.7 Å². The second-order valence-electron chi connectivity index (χ2n) is 11.6. The molecule has 0 radical (unpaired) electrons. The van der Waals surface area contributed by atoms with Crippen LogP contribution in [0.5, 0.6) is 0 Å². The molecule has 1 saturated heterocycles. The molecule has 2 atom stereocenters. The molecule has 15 heteroatoms. The lowest BCUT2D eigenvalue weighted by atomic mass is 10.0. The van der Waals surface area contributed by atoms with Crippen molar-refractivity contribution in [3.63, 3.8) is 0 Å². The number of nitrogens with one attached hydrogen (secondary N) is 2. The SMILES string of the molecule is CCCCCCCCOCC(COCCCCCCCC)OC(=O)C1=CCS[C@@H]2C(NC(=O)C(=NOC)c3csc(NC=O)n3)C(=O)N12. The van der Waals surface area contributed by atoms with E-state index in [1.54, 1.807) is 6.08 Å². The van der Waals surface area contributed by atoms with E-state index in [4.69, 9.17) is 19.0 Å². The molecule has 2 N–H and O–H groups in total. The van der Waals surface area contributed by atoms with Crippen LogP contribution < -0.4 is 10.6 Å². The molecule has 0 aromatic carbocycles. The Kier molecular flexibility index (Phi) is 18.6. The fourth-order valence-corrected chi connectivity index (χ4v) is 7.11. The third kappa shape index (κ3) is 12.5. The zero-order chi connectivity index (χ0) is 34.6. The number of ether oxygens (including phenoxy) is 3. The maximum Gasteiger partial charge on any atom is 0.355 e. The summed E-state index contributed by atoms with van der Waals surface area (Å²) in [6.07, 6.45) is 15.3. The van der Waals surface area contributed by atoms with Gasteiger partial charge in [0.25, 0.3) is 11.8 Å². The first-order valence-electron chi connectivity index (χ1n) is 17.0. The topological polar surface area (TPSA) is 158 Å². The number of hydrogen-bond donors (Lipinski definition) is 2. The summed E-state index contributed by atoms with van der Waals surface area (Å²) in [6.45, 7) is 5.96. The summed E-state index contributed by atoms with van der Waals surface area (Å²) in [6, 6.07) is -0.899. The maximum absolute atomic E-state index is 13.4. The number of esters is 1. The molecule has 1 aromatic rings. The van der Waals surface area contributed by atoms with Crippen LogP contribution in [0, 0.1) is 0 Å². The first kappa shape index (κ1) is 39.4. The molecule has 2 aliphatic heterocycles. The van der Waals surface area contributed by atoms with E-state index in [0.29, 0.717) is 25.4 Å². The number of carbonyl (C=O) groups excluding carboxylic acids is 4. The van der Waals surface area contributed by atoms with Crippen LogP contribution in [0.4, 0.5) is 5.13 Å². The lowest BCUT2D eigenvalue weighted by molar-refractivity contribution is -0.159. The number of amides is 3. The third-order valence-corrected chi connectivity index (χ3v) is 9.79. The van der Waals surface area contributed by atoms with Crippen molar-refractivity contribution in [2.45, 2.75) is 108 Å². The quantitative estimate of drug-likeness (QED) is 0.0335. The van der Waals surface area contributed by atoms with E-state index >= 15 is 0 Å². The summed E-state index contributed by atoms with van der Waals surface area (Å²) >= 11 is 2.52. The molecule has 0 bridgehead atoms. The summed E-state index contributed by atoms with van der Waals surface area (Å²) < 4.78 is 17.6. The molecular weight excluding hydrogens is 659 g/mol. The van der Waals surface area contributed by atoms with Gasteiger partial charge in [-0.1, -0.05) is 83.2 Å².